The van der Waals surface area contributed by atoms with Gasteiger partial charge in [-0.25, -0.2) is 0 Å². The van der Waals surface area contributed by atoms with Crippen molar-refractivity contribution >= 4 is 7.14 Å². The first-order valence-electron chi connectivity index (χ1n) is 11.3. The molecule has 1 aliphatic rings. The molecule has 0 spiro atoms. The van der Waals surface area contributed by atoms with Gasteiger partial charge in [0.1, 0.15) is 0 Å². The Morgan fingerprint density at radius 3 is 1.50 bits per heavy atom. The summed E-state index contributed by atoms with van der Waals surface area (Å²) in [5.74, 6) is 0. The summed E-state index contributed by atoms with van der Waals surface area (Å²) in [5, 5.41) is 0. The molecule has 0 N–H and O–H groups in total. The quantitative estimate of drug-likeness (QED) is 0.212. The molecule has 1 rings (SSSR count). The van der Waals surface area contributed by atoms with E-state index in [0.29, 0.717) is 5.66 Å². The van der Waals surface area contributed by atoms with Crippen molar-refractivity contribution in [2.75, 3.05) is 12.3 Å². The van der Waals surface area contributed by atoms with Crippen LogP contribution in [0.5, 0.6) is 0 Å². The molecule has 0 radical (unpaired) electrons. The van der Waals surface area contributed by atoms with Gasteiger partial charge in [0.05, 0.1) is 7.14 Å². The molecule has 0 aromatic carbocycles. The highest BCUT2D eigenvalue weighted by Crippen LogP contribution is 2.56. The number of rotatable bonds is 15. The van der Waals surface area contributed by atoms with Crippen LogP contribution in [0.15, 0.2) is 0 Å². The number of hydrogen-bond acceptors (Lipinski definition) is 1. The topological polar surface area (TPSA) is 17.1 Å². The van der Waals surface area contributed by atoms with Gasteiger partial charge in [0.2, 0.25) is 0 Å². The minimum atomic E-state index is -1.91. The van der Waals surface area contributed by atoms with E-state index >= 15 is 0 Å². The summed E-state index contributed by atoms with van der Waals surface area (Å²) >= 11 is 0. The molecule has 2 heteroatoms. The van der Waals surface area contributed by atoms with E-state index in [1.54, 1.807) is 0 Å². The second-order valence-electron chi connectivity index (χ2n) is 8.23. The molecule has 1 fully saturated rings. The van der Waals surface area contributed by atoms with E-state index in [2.05, 4.69) is 13.8 Å². The van der Waals surface area contributed by atoms with E-state index in [1.165, 1.54) is 109 Å². The van der Waals surface area contributed by atoms with Crippen LogP contribution >= 0.6 is 7.14 Å². The van der Waals surface area contributed by atoms with Crippen LogP contribution in [0.4, 0.5) is 0 Å². The standard InChI is InChI=1S/C22H45OP/c1-3-5-7-9-11-16-20-24(23,22-18-14-13-15-19-22)21-17-12-10-8-6-4-2/h22H,3-21H2,1-2H3. The Balaban J connectivity index is 2.33. The molecule has 1 nitrogen and oxygen atoms in total. The molecule has 0 unspecified atom stereocenters. The molecule has 0 aliphatic heterocycles. The third-order valence-electron chi connectivity index (χ3n) is 6.02. The Morgan fingerprint density at radius 1 is 0.625 bits per heavy atom. The van der Waals surface area contributed by atoms with Crippen LogP contribution in [0.1, 0.15) is 123 Å². The largest absolute Gasteiger partial charge is 0.323 e. The summed E-state index contributed by atoms with van der Waals surface area (Å²) < 4.78 is 13.7. The average molecular weight is 357 g/mol. The van der Waals surface area contributed by atoms with Gasteiger partial charge in [0.15, 0.2) is 0 Å². The smallest absolute Gasteiger partial charge is 0.0906 e. The highest BCUT2D eigenvalue weighted by atomic mass is 31.2. The molecule has 0 heterocycles. The van der Waals surface area contributed by atoms with Gasteiger partial charge in [0.25, 0.3) is 0 Å². The second kappa shape index (κ2) is 14.4. The van der Waals surface area contributed by atoms with Crippen molar-refractivity contribution in [3.8, 4) is 0 Å². The molecule has 1 aliphatic carbocycles. The van der Waals surface area contributed by atoms with E-state index < -0.39 is 7.14 Å². The zero-order valence-electron chi connectivity index (χ0n) is 16.9. The maximum atomic E-state index is 13.7. The average Bonchev–Trinajstić information content (AvgIpc) is 2.62. The molecule has 0 atom stereocenters. The van der Waals surface area contributed by atoms with Crippen molar-refractivity contribution in [3.63, 3.8) is 0 Å². The highest BCUT2D eigenvalue weighted by Gasteiger charge is 2.32. The predicted octanol–water partition coefficient (Wildman–Crippen LogP) is 8.40. The van der Waals surface area contributed by atoms with E-state index in [4.69, 9.17) is 0 Å². The summed E-state index contributed by atoms with van der Waals surface area (Å²) in [7, 11) is -1.91. The highest BCUT2D eigenvalue weighted by molar-refractivity contribution is 7.64. The van der Waals surface area contributed by atoms with Crippen molar-refractivity contribution in [2.24, 2.45) is 0 Å². The van der Waals surface area contributed by atoms with Crippen molar-refractivity contribution < 1.29 is 4.57 Å². The van der Waals surface area contributed by atoms with Gasteiger partial charge in [-0.05, 0) is 25.7 Å². The van der Waals surface area contributed by atoms with Crippen molar-refractivity contribution in [1.82, 2.24) is 0 Å². The Kier molecular flexibility index (Phi) is 13.4. The Hall–Kier alpha value is 0.230. The summed E-state index contributed by atoms with van der Waals surface area (Å²) in [5.41, 5.74) is 0.595. The maximum absolute atomic E-state index is 13.7. The molecule has 24 heavy (non-hydrogen) atoms. The molecule has 0 aromatic heterocycles. The van der Waals surface area contributed by atoms with E-state index in [9.17, 15) is 4.57 Å². The molecule has 0 amide bonds. The van der Waals surface area contributed by atoms with Crippen LogP contribution in [-0.2, 0) is 4.57 Å². The van der Waals surface area contributed by atoms with Crippen LogP contribution < -0.4 is 0 Å². The Labute approximate surface area is 153 Å². The minimum absolute atomic E-state index is 0.595. The van der Waals surface area contributed by atoms with Gasteiger partial charge in [-0.2, -0.15) is 0 Å². The SMILES string of the molecule is CCCCCCCCP(=O)(CCCCCCCC)C1CCCCC1. The lowest BCUT2D eigenvalue weighted by Gasteiger charge is -2.31. The molecule has 144 valence electrons. The van der Waals surface area contributed by atoms with Crippen LogP contribution in [0.2, 0.25) is 0 Å². The third-order valence-corrected chi connectivity index (χ3v) is 10.0. The van der Waals surface area contributed by atoms with Gasteiger partial charge in [-0.3, -0.25) is 0 Å². The van der Waals surface area contributed by atoms with Crippen molar-refractivity contribution in [2.45, 2.75) is 129 Å². The van der Waals surface area contributed by atoms with Crippen LogP contribution in [0.3, 0.4) is 0 Å². The lowest BCUT2D eigenvalue weighted by Crippen LogP contribution is -2.17. The van der Waals surface area contributed by atoms with E-state index in [1.807, 2.05) is 0 Å². The van der Waals surface area contributed by atoms with E-state index in [0.717, 1.165) is 12.3 Å². The van der Waals surface area contributed by atoms with Gasteiger partial charge >= 0.3 is 0 Å². The fraction of sp³-hybridized carbons (Fsp3) is 1.00. The van der Waals surface area contributed by atoms with Gasteiger partial charge in [0, 0.05) is 18.0 Å². The first-order chi connectivity index (χ1) is 11.7. The first-order valence-corrected chi connectivity index (χ1v) is 13.5. The fourth-order valence-electron chi connectivity index (χ4n) is 4.35. The van der Waals surface area contributed by atoms with Crippen LogP contribution in [-0.4, -0.2) is 18.0 Å². The normalized spacial score (nSPS) is 16.6. The Morgan fingerprint density at radius 2 is 1.04 bits per heavy atom. The van der Waals surface area contributed by atoms with Crippen molar-refractivity contribution in [3.05, 3.63) is 0 Å². The van der Waals surface area contributed by atoms with E-state index in [-0.39, 0.29) is 0 Å². The lowest BCUT2D eigenvalue weighted by atomic mass is 10.0. The molecule has 0 saturated heterocycles. The maximum Gasteiger partial charge on any atom is 0.0906 e. The summed E-state index contributed by atoms with van der Waals surface area (Å²) in [6.45, 7) is 4.55. The lowest BCUT2D eigenvalue weighted by molar-refractivity contribution is 0.478. The second-order valence-corrected chi connectivity index (χ2v) is 11.8. The molecular weight excluding hydrogens is 311 g/mol. The molecule has 0 aromatic rings. The molecule has 0 bridgehead atoms. The van der Waals surface area contributed by atoms with Crippen molar-refractivity contribution in [1.29, 1.82) is 0 Å². The first kappa shape index (κ1) is 22.3. The van der Waals surface area contributed by atoms with Gasteiger partial charge in [-0.15, -0.1) is 0 Å². The van der Waals surface area contributed by atoms with Crippen LogP contribution in [0.25, 0.3) is 0 Å². The number of hydrogen-bond donors (Lipinski definition) is 0. The van der Waals surface area contributed by atoms with Gasteiger partial charge < -0.3 is 4.57 Å². The minimum Gasteiger partial charge on any atom is -0.323 e. The third kappa shape index (κ3) is 9.65. The van der Waals surface area contributed by atoms with Crippen LogP contribution in [0, 0.1) is 0 Å². The fourth-order valence-corrected chi connectivity index (χ4v) is 8.13. The summed E-state index contributed by atoms with van der Waals surface area (Å²) in [4.78, 5) is 0. The van der Waals surface area contributed by atoms with Gasteiger partial charge in [-0.1, -0.05) is 97.3 Å². The zero-order chi connectivity index (χ0) is 17.5. The summed E-state index contributed by atoms with van der Waals surface area (Å²) in [6, 6.07) is 0. The molecular formula is C22H45OP. The monoisotopic (exact) mass is 356 g/mol. The predicted molar refractivity (Wildman–Crippen MR) is 111 cm³/mol. The Bertz CT molecular complexity index is 300. The number of unbranched alkanes of at least 4 members (excludes halogenated alkanes) is 10. The molecule has 1 saturated carbocycles. The zero-order valence-corrected chi connectivity index (χ0v) is 17.8. The summed E-state index contributed by atoms with van der Waals surface area (Å²) in [6.07, 6.45) is 24.7.